The lowest BCUT2D eigenvalue weighted by atomic mass is 10.2. The molecule has 1 saturated heterocycles. The molecule has 1 aliphatic heterocycles. The second-order valence-corrected chi connectivity index (χ2v) is 7.44. The Labute approximate surface area is 159 Å². The fourth-order valence-corrected chi connectivity index (χ4v) is 4.02. The van der Waals surface area contributed by atoms with Crippen molar-refractivity contribution in [1.29, 1.82) is 0 Å². The highest BCUT2D eigenvalue weighted by molar-refractivity contribution is 7.16. The zero-order chi connectivity index (χ0) is 18.8. The Morgan fingerprint density at radius 1 is 1.26 bits per heavy atom. The van der Waals surface area contributed by atoms with Crippen LogP contribution in [0.5, 0.6) is 0 Å². The Kier molecular flexibility index (Phi) is 4.89. The van der Waals surface area contributed by atoms with Crippen LogP contribution in [-0.4, -0.2) is 28.5 Å². The van der Waals surface area contributed by atoms with E-state index in [1.807, 2.05) is 10.3 Å². The van der Waals surface area contributed by atoms with E-state index in [-0.39, 0.29) is 30.2 Å². The molecule has 140 valence electrons. The van der Waals surface area contributed by atoms with Crippen molar-refractivity contribution in [3.8, 4) is 0 Å². The maximum absolute atomic E-state index is 14.3. The lowest BCUT2D eigenvalue weighted by molar-refractivity contribution is -0.116. The molecule has 2 aromatic heterocycles. The number of anilines is 2. The van der Waals surface area contributed by atoms with Crippen LogP contribution in [0.4, 0.5) is 15.8 Å². The SMILES string of the molecule is O=C(CCn1cnc2sccc2c1=O)Nc1ccc(N2CCCC2)c(F)c1. The van der Waals surface area contributed by atoms with Gasteiger partial charge in [0.25, 0.3) is 5.56 Å². The average molecular weight is 386 g/mol. The molecule has 0 radical (unpaired) electrons. The summed E-state index contributed by atoms with van der Waals surface area (Å²) in [7, 11) is 0. The minimum atomic E-state index is -0.335. The number of amides is 1. The third-order valence-corrected chi connectivity index (χ3v) is 5.53. The van der Waals surface area contributed by atoms with Gasteiger partial charge in [0.2, 0.25) is 5.91 Å². The lowest BCUT2D eigenvalue weighted by Gasteiger charge is -2.18. The number of hydrogen-bond donors (Lipinski definition) is 1. The molecule has 1 amide bonds. The second kappa shape index (κ2) is 7.48. The predicted octanol–water partition coefficient (Wildman–Crippen LogP) is 3.23. The highest BCUT2D eigenvalue weighted by Crippen LogP contribution is 2.26. The zero-order valence-corrected chi connectivity index (χ0v) is 15.5. The second-order valence-electron chi connectivity index (χ2n) is 6.54. The molecule has 0 aliphatic carbocycles. The molecule has 3 aromatic rings. The Morgan fingerprint density at radius 3 is 2.85 bits per heavy atom. The van der Waals surface area contributed by atoms with E-state index in [4.69, 9.17) is 0 Å². The first-order chi connectivity index (χ1) is 13.1. The van der Waals surface area contributed by atoms with Gasteiger partial charge in [0.15, 0.2) is 0 Å². The van der Waals surface area contributed by atoms with Gasteiger partial charge in [-0.2, -0.15) is 0 Å². The number of carbonyl (C=O) groups is 1. The van der Waals surface area contributed by atoms with E-state index in [0.717, 1.165) is 25.9 Å². The molecule has 6 nitrogen and oxygen atoms in total. The Balaban J connectivity index is 1.39. The summed E-state index contributed by atoms with van der Waals surface area (Å²) in [5, 5.41) is 5.07. The third-order valence-electron chi connectivity index (χ3n) is 4.71. The van der Waals surface area contributed by atoms with Gasteiger partial charge in [-0.15, -0.1) is 11.3 Å². The summed E-state index contributed by atoms with van der Waals surface area (Å²) in [4.78, 5) is 31.4. The molecule has 1 aromatic carbocycles. The van der Waals surface area contributed by atoms with Gasteiger partial charge in [0.05, 0.1) is 17.4 Å². The smallest absolute Gasteiger partial charge is 0.262 e. The summed E-state index contributed by atoms with van der Waals surface area (Å²) < 4.78 is 15.8. The monoisotopic (exact) mass is 386 g/mol. The molecule has 0 atom stereocenters. The van der Waals surface area contributed by atoms with Gasteiger partial charge in [0, 0.05) is 31.7 Å². The quantitative estimate of drug-likeness (QED) is 0.731. The van der Waals surface area contributed by atoms with Crippen molar-refractivity contribution in [1.82, 2.24) is 9.55 Å². The number of nitrogens with zero attached hydrogens (tertiary/aromatic N) is 3. The number of aromatic nitrogens is 2. The number of halogens is 1. The number of hydrogen-bond acceptors (Lipinski definition) is 5. The first-order valence-corrected chi connectivity index (χ1v) is 9.77. The van der Waals surface area contributed by atoms with E-state index in [9.17, 15) is 14.0 Å². The first-order valence-electron chi connectivity index (χ1n) is 8.89. The fourth-order valence-electron chi connectivity index (χ4n) is 3.30. The van der Waals surface area contributed by atoms with E-state index >= 15 is 0 Å². The summed E-state index contributed by atoms with van der Waals surface area (Å²) in [6.45, 7) is 1.94. The normalized spacial score (nSPS) is 14.0. The van der Waals surface area contributed by atoms with E-state index in [2.05, 4.69) is 10.3 Å². The molecule has 8 heteroatoms. The Bertz CT molecular complexity index is 1040. The van der Waals surface area contributed by atoms with Gasteiger partial charge in [-0.3, -0.25) is 14.2 Å². The van der Waals surface area contributed by atoms with E-state index < -0.39 is 0 Å². The summed E-state index contributed by atoms with van der Waals surface area (Å²) in [6.07, 6.45) is 3.71. The number of thiophene rings is 1. The number of benzene rings is 1. The summed E-state index contributed by atoms with van der Waals surface area (Å²) in [6, 6.07) is 6.49. The van der Waals surface area contributed by atoms with Crippen molar-refractivity contribution in [2.24, 2.45) is 0 Å². The third kappa shape index (κ3) is 3.71. The maximum atomic E-state index is 14.3. The number of fused-ring (bicyclic) bond motifs is 1. The van der Waals surface area contributed by atoms with E-state index in [1.165, 1.54) is 28.3 Å². The molecule has 27 heavy (non-hydrogen) atoms. The highest BCUT2D eigenvalue weighted by Gasteiger charge is 2.16. The summed E-state index contributed by atoms with van der Waals surface area (Å²) in [5.74, 6) is -0.612. The van der Waals surface area contributed by atoms with Gasteiger partial charge in [-0.1, -0.05) is 0 Å². The van der Waals surface area contributed by atoms with Crippen LogP contribution in [0.15, 0.2) is 40.8 Å². The lowest BCUT2D eigenvalue weighted by Crippen LogP contribution is -2.23. The van der Waals surface area contributed by atoms with Crippen LogP contribution in [0.3, 0.4) is 0 Å². The molecule has 0 saturated carbocycles. The minimum Gasteiger partial charge on any atom is -0.369 e. The van der Waals surface area contributed by atoms with Crippen LogP contribution < -0.4 is 15.8 Å². The van der Waals surface area contributed by atoms with Gasteiger partial charge in [0.1, 0.15) is 10.6 Å². The van der Waals surface area contributed by atoms with Crippen molar-refractivity contribution in [3.05, 3.63) is 52.1 Å². The maximum Gasteiger partial charge on any atom is 0.262 e. The van der Waals surface area contributed by atoms with Crippen molar-refractivity contribution in [2.45, 2.75) is 25.8 Å². The molecule has 3 heterocycles. The zero-order valence-electron chi connectivity index (χ0n) is 14.7. The van der Waals surface area contributed by atoms with Gasteiger partial charge in [-0.25, -0.2) is 9.37 Å². The Morgan fingerprint density at radius 2 is 2.07 bits per heavy atom. The average Bonchev–Trinajstić information content (AvgIpc) is 3.33. The molecule has 4 rings (SSSR count). The molecule has 0 spiro atoms. The summed E-state index contributed by atoms with van der Waals surface area (Å²) >= 11 is 1.41. The predicted molar refractivity (Wildman–Crippen MR) is 105 cm³/mol. The van der Waals surface area contributed by atoms with Crippen molar-refractivity contribution < 1.29 is 9.18 Å². The molecule has 0 bridgehead atoms. The van der Waals surface area contributed by atoms with Crippen LogP contribution in [0.25, 0.3) is 10.2 Å². The minimum absolute atomic E-state index is 0.104. The van der Waals surface area contributed by atoms with Gasteiger partial charge < -0.3 is 10.2 Å². The van der Waals surface area contributed by atoms with Gasteiger partial charge >= 0.3 is 0 Å². The van der Waals surface area contributed by atoms with Crippen molar-refractivity contribution in [3.63, 3.8) is 0 Å². The number of carbonyl (C=O) groups excluding carboxylic acids is 1. The van der Waals surface area contributed by atoms with Crippen LogP contribution in [0.1, 0.15) is 19.3 Å². The van der Waals surface area contributed by atoms with E-state index in [0.29, 0.717) is 21.6 Å². The molecular weight excluding hydrogens is 367 g/mol. The van der Waals surface area contributed by atoms with Gasteiger partial charge in [-0.05, 0) is 42.5 Å². The molecule has 1 fully saturated rings. The van der Waals surface area contributed by atoms with Crippen LogP contribution in [0.2, 0.25) is 0 Å². The highest BCUT2D eigenvalue weighted by atomic mass is 32.1. The van der Waals surface area contributed by atoms with Crippen molar-refractivity contribution in [2.75, 3.05) is 23.3 Å². The summed E-state index contributed by atoms with van der Waals surface area (Å²) in [5.41, 5.74) is 0.835. The number of aryl methyl sites for hydroxylation is 1. The molecular formula is C19H19FN4O2S. The molecule has 0 unspecified atom stereocenters. The van der Waals surface area contributed by atoms with Crippen LogP contribution in [-0.2, 0) is 11.3 Å². The topological polar surface area (TPSA) is 67.2 Å². The largest absolute Gasteiger partial charge is 0.369 e. The standard InChI is InChI=1S/C19H19FN4O2S/c20-15-11-13(3-4-16(15)23-7-1-2-8-23)22-17(25)5-9-24-12-21-18-14(19(24)26)6-10-27-18/h3-4,6,10-12H,1-2,5,7-9H2,(H,22,25). The molecule has 1 aliphatic rings. The van der Waals surface area contributed by atoms with Crippen LogP contribution in [0, 0.1) is 5.82 Å². The number of rotatable bonds is 5. The fraction of sp³-hybridized carbons (Fsp3) is 0.316. The van der Waals surface area contributed by atoms with Crippen molar-refractivity contribution >= 4 is 38.8 Å². The molecule has 1 N–H and O–H groups in total. The van der Waals surface area contributed by atoms with Crippen LogP contribution >= 0.6 is 11.3 Å². The van der Waals surface area contributed by atoms with E-state index in [1.54, 1.807) is 18.2 Å². The Hall–Kier alpha value is -2.74. The first kappa shape index (κ1) is 17.7. The number of nitrogens with one attached hydrogen (secondary N) is 1.